The smallest absolute Gasteiger partial charge is 0.0302 e. The first-order chi connectivity index (χ1) is 9.27. The van der Waals surface area contributed by atoms with E-state index in [0.717, 1.165) is 0 Å². The molecule has 2 heteroatoms. The Hall–Kier alpha value is -0.340. The first kappa shape index (κ1) is 16.7. The van der Waals surface area contributed by atoms with Gasteiger partial charge in [-0.2, -0.15) is 11.3 Å². The first-order valence-electron chi connectivity index (χ1n) is 8.06. The molecule has 1 nitrogen and oxygen atoms in total. The van der Waals surface area contributed by atoms with E-state index in [2.05, 4.69) is 42.9 Å². The Morgan fingerprint density at radius 1 is 1.05 bits per heavy atom. The maximum Gasteiger partial charge on any atom is 0.0302 e. The van der Waals surface area contributed by atoms with Crippen LogP contribution in [-0.4, -0.2) is 6.04 Å². The summed E-state index contributed by atoms with van der Waals surface area (Å²) in [5, 5.41) is 8.29. The Morgan fingerprint density at radius 3 is 2.16 bits per heavy atom. The number of nitrogens with one attached hydrogen (secondary N) is 1. The summed E-state index contributed by atoms with van der Waals surface area (Å²) in [6.45, 7) is 6.87. The lowest BCUT2D eigenvalue weighted by Crippen LogP contribution is -2.31. The molecule has 0 saturated heterocycles. The third kappa shape index (κ3) is 7.12. The molecule has 1 N–H and O–H groups in total. The van der Waals surface area contributed by atoms with Crippen LogP contribution in [0.4, 0.5) is 0 Å². The predicted molar refractivity (Wildman–Crippen MR) is 87.9 cm³/mol. The number of unbranched alkanes of at least 4 members (excludes halogenated alkanes) is 4. The fourth-order valence-corrected chi connectivity index (χ4v) is 3.32. The van der Waals surface area contributed by atoms with E-state index in [1.54, 1.807) is 11.3 Å². The molecule has 19 heavy (non-hydrogen) atoms. The minimum absolute atomic E-state index is 0.500. The number of rotatable bonds is 11. The zero-order valence-corrected chi connectivity index (χ0v) is 13.8. The second kappa shape index (κ2) is 10.4. The summed E-state index contributed by atoms with van der Waals surface area (Å²) in [7, 11) is 0. The lowest BCUT2D eigenvalue weighted by atomic mass is 10.0. The number of hydrogen-bond acceptors (Lipinski definition) is 2. The number of thiophene rings is 1. The maximum absolute atomic E-state index is 3.84. The van der Waals surface area contributed by atoms with Gasteiger partial charge < -0.3 is 5.32 Å². The van der Waals surface area contributed by atoms with Gasteiger partial charge in [0.2, 0.25) is 0 Å². The molecule has 1 atom stereocenters. The van der Waals surface area contributed by atoms with E-state index in [4.69, 9.17) is 0 Å². The highest BCUT2D eigenvalue weighted by Crippen LogP contribution is 2.19. The molecule has 0 aliphatic carbocycles. The van der Waals surface area contributed by atoms with Crippen molar-refractivity contribution in [1.82, 2.24) is 5.32 Å². The molecule has 0 fully saturated rings. The molecule has 0 bridgehead atoms. The topological polar surface area (TPSA) is 12.0 Å². The van der Waals surface area contributed by atoms with Gasteiger partial charge in [0.25, 0.3) is 0 Å². The first-order valence-corrected chi connectivity index (χ1v) is 9.00. The van der Waals surface area contributed by atoms with Crippen LogP contribution in [-0.2, 0) is 0 Å². The molecule has 0 spiro atoms. The minimum Gasteiger partial charge on any atom is -0.307 e. The maximum atomic E-state index is 3.84. The summed E-state index contributed by atoms with van der Waals surface area (Å²) in [5.41, 5.74) is 1.45. The molecule has 0 saturated carbocycles. The Morgan fingerprint density at radius 2 is 1.68 bits per heavy atom. The quantitative estimate of drug-likeness (QED) is 0.496. The van der Waals surface area contributed by atoms with Gasteiger partial charge in [-0.1, -0.05) is 52.4 Å². The summed E-state index contributed by atoms with van der Waals surface area (Å²) < 4.78 is 0. The summed E-state index contributed by atoms with van der Waals surface area (Å²) in [6, 6.07) is 3.45. The lowest BCUT2D eigenvalue weighted by molar-refractivity contribution is 0.384. The van der Waals surface area contributed by atoms with Crippen LogP contribution in [0.15, 0.2) is 16.8 Å². The average molecular weight is 282 g/mol. The van der Waals surface area contributed by atoms with Crippen LogP contribution in [0.2, 0.25) is 0 Å². The molecule has 1 rings (SSSR count). The standard InChI is InChI=1S/C17H31NS/c1-4-6-8-10-17(11-9-7-5-2)18-15(3)16-12-13-19-14-16/h12-15,17-18H,4-11H2,1-3H3. The van der Waals surface area contributed by atoms with Gasteiger partial charge in [-0.25, -0.2) is 0 Å². The monoisotopic (exact) mass is 281 g/mol. The van der Waals surface area contributed by atoms with Crippen LogP contribution in [0, 0.1) is 0 Å². The van der Waals surface area contributed by atoms with Crippen LogP contribution in [0.5, 0.6) is 0 Å². The third-order valence-corrected chi connectivity index (χ3v) is 4.54. The Bertz CT molecular complexity index is 284. The molecule has 0 aliphatic rings. The highest BCUT2D eigenvalue weighted by Gasteiger charge is 2.13. The van der Waals surface area contributed by atoms with Crippen molar-refractivity contribution in [2.24, 2.45) is 0 Å². The van der Waals surface area contributed by atoms with Crippen LogP contribution in [0.25, 0.3) is 0 Å². The summed E-state index contributed by atoms with van der Waals surface area (Å²) in [5.74, 6) is 0. The Balaban J connectivity index is 2.37. The Kier molecular flexibility index (Phi) is 9.19. The van der Waals surface area contributed by atoms with Crippen molar-refractivity contribution >= 4 is 11.3 Å². The fourth-order valence-electron chi connectivity index (χ4n) is 2.56. The van der Waals surface area contributed by atoms with Gasteiger partial charge >= 0.3 is 0 Å². The van der Waals surface area contributed by atoms with E-state index < -0.39 is 0 Å². The van der Waals surface area contributed by atoms with E-state index in [1.165, 1.54) is 56.9 Å². The van der Waals surface area contributed by atoms with Crippen LogP contribution >= 0.6 is 11.3 Å². The molecular weight excluding hydrogens is 250 g/mol. The van der Waals surface area contributed by atoms with E-state index in [1.807, 2.05) is 0 Å². The molecule has 0 amide bonds. The van der Waals surface area contributed by atoms with Gasteiger partial charge in [-0.15, -0.1) is 0 Å². The summed E-state index contributed by atoms with van der Waals surface area (Å²) >= 11 is 1.80. The van der Waals surface area contributed by atoms with Crippen LogP contribution < -0.4 is 5.32 Å². The predicted octanol–water partition coefficient (Wildman–Crippen LogP) is 5.93. The van der Waals surface area contributed by atoms with Crippen molar-refractivity contribution in [2.75, 3.05) is 0 Å². The van der Waals surface area contributed by atoms with E-state index in [-0.39, 0.29) is 0 Å². The van der Waals surface area contributed by atoms with Crippen molar-refractivity contribution in [3.63, 3.8) is 0 Å². The second-order valence-corrected chi connectivity index (χ2v) is 6.41. The molecule has 1 aromatic rings. The van der Waals surface area contributed by atoms with Gasteiger partial charge in [0.05, 0.1) is 0 Å². The van der Waals surface area contributed by atoms with Crippen molar-refractivity contribution in [3.8, 4) is 0 Å². The highest BCUT2D eigenvalue weighted by atomic mass is 32.1. The van der Waals surface area contributed by atoms with E-state index in [0.29, 0.717) is 12.1 Å². The highest BCUT2D eigenvalue weighted by molar-refractivity contribution is 7.07. The fraction of sp³-hybridized carbons (Fsp3) is 0.765. The van der Waals surface area contributed by atoms with Crippen molar-refractivity contribution in [3.05, 3.63) is 22.4 Å². The van der Waals surface area contributed by atoms with Gasteiger partial charge in [0.15, 0.2) is 0 Å². The normalized spacial score (nSPS) is 13.1. The molecule has 0 aromatic carbocycles. The second-order valence-electron chi connectivity index (χ2n) is 5.63. The molecular formula is C17H31NS. The molecule has 1 aromatic heterocycles. The van der Waals surface area contributed by atoms with Crippen LogP contribution in [0.1, 0.15) is 83.7 Å². The largest absolute Gasteiger partial charge is 0.307 e. The van der Waals surface area contributed by atoms with Gasteiger partial charge in [-0.3, -0.25) is 0 Å². The number of hydrogen-bond donors (Lipinski definition) is 1. The van der Waals surface area contributed by atoms with Crippen molar-refractivity contribution in [1.29, 1.82) is 0 Å². The summed E-state index contributed by atoms with van der Waals surface area (Å²) in [6.07, 6.45) is 10.8. The molecule has 110 valence electrons. The minimum atomic E-state index is 0.500. The molecule has 1 unspecified atom stereocenters. The lowest BCUT2D eigenvalue weighted by Gasteiger charge is -2.23. The molecule has 0 aliphatic heterocycles. The average Bonchev–Trinajstić information content (AvgIpc) is 2.93. The molecule has 1 heterocycles. The zero-order valence-electron chi connectivity index (χ0n) is 13.0. The Labute approximate surface area is 123 Å². The van der Waals surface area contributed by atoms with Crippen molar-refractivity contribution in [2.45, 2.75) is 84.2 Å². The molecule has 0 radical (unpaired) electrons. The van der Waals surface area contributed by atoms with Gasteiger partial charge in [-0.05, 0) is 42.2 Å². The van der Waals surface area contributed by atoms with E-state index >= 15 is 0 Å². The zero-order chi connectivity index (χ0) is 13.9. The van der Waals surface area contributed by atoms with Gasteiger partial charge in [0, 0.05) is 12.1 Å². The van der Waals surface area contributed by atoms with Gasteiger partial charge in [0.1, 0.15) is 0 Å². The van der Waals surface area contributed by atoms with E-state index in [9.17, 15) is 0 Å². The van der Waals surface area contributed by atoms with Crippen molar-refractivity contribution < 1.29 is 0 Å². The SMILES string of the molecule is CCCCCC(CCCCC)NC(C)c1ccsc1. The van der Waals surface area contributed by atoms with Crippen LogP contribution in [0.3, 0.4) is 0 Å². The summed E-state index contributed by atoms with van der Waals surface area (Å²) in [4.78, 5) is 0. The third-order valence-electron chi connectivity index (χ3n) is 3.84.